The predicted molar refractivity (Wildman–Crippen MR) is 195 cm³/mol. The van der Waals surface area contributed by atoms with Crippen molar-refractivity contribution in [2.24, 2.45) is 0 Å². The summed E-state index contributed by atoms with van der Waals surface area (Å²) >= 11 is 0. The summed E-state index contributed by atoms with van der Waals surface area (Å²) in [6, 6.07) is 52.8. The molecule has 0 saturated carbocycles. The molecule has 1 heterocycles. The molecule has 4 heteroatoms. The van der Waals surface area contributed by atoms with Crippen LogP contribution in [-0.4, -0.2) is 28.4 Å². The number of hydrogen-bond acceptors (Lipinski definition) is 2. The summed E-state index contributed by atoms with van der Waals surface area (Å²) in [6.45, 7) is 7.36. The standard InChI is InChI=1S/C43H37BNO2/c1-41(2,46)42(3,4)47-44-31-23-26-40-36(27-31)34-20-12-14-22-39(34)45(40)32-24-25-38-35(28-32)33-19-11-13-21-37(33)43(38,29-15-7-5-8-16-29)30-17-9-6-10-18-30/h5-28,46H,1-4H3. The molecule has 0 saturated heterocycles. The summed E-state index contributed by atoms with van der Waals surface area (Å²) in [5, 5.41) is 12.9. The quantitative estimate of drug-likeness (QED) is 0.183. The van der Waals surface area contributed by atoms with Gasteiger partial charge in [-0.1, -0.05) is 127 Å². The molecule has 0 spiro atoms. The molecule has 1 N–H and O–H groups in total. The van der Waals surface area contributed by atoms with Crippen molar-refractivity contribution in [2.75, 3.05) is 0 Å². The van der Waals surface area contributed by atoms with Crippen LogP contribution in [0.1, 0.15) is 49.9 Å². The number of benzene rings is 6. The van der Waals surface area contributed by atoms with Crippen LogP contribution in [0.3, 0.4) is 0 Å². The van der Waals surface area contributed by atoms with Gasteiger partial charge in [0, 0.05) is 16.5 Å². The topological polar surface area (TPSA) is 34.4 Å². The Bertz CT molecular complexity index is 2220. The largest absolute Gasteiger partial charge is 0.427 e. The van der Waals surface area contributed by atoms with Gasteiger partial charge in [-0.05, 0) is 85.3 Å². The number of para-hydroxylation sites is 1. The molecule has 1 aromatic heterocycles. The van der Waals surface area contributed by atoms with E-state index >= 15 is 0 Å². The van der Waals surface area contributed by atoms with E-state index in [1.54, 1.807) is 21.3 Å². The van der Waals surface area contributed by atoms with Gasteiger partial charge in [0.25, 0.3) is 0 Å². The van der Waals surface area contributed by atoms with Crippen molar-refractivity contribution >= 4 is 34.8 Å². The molecule has 0 bridgehead atoms. The first-order valence-electron chi connectivity index (χ1n) is 16.3. The van der Waals surface area contributed by atoms with E-state index in [0.29, 0.717) is 0 Å². The zero-order valence-electron chi connectivity index (χ0n) is 27.2. The summed E-state index contributed by atoms with van der Waals surface area (Å²) in [5.41, 5.74) is 9.86. The first-order chi connectivity index (χ1) is 22.7. The Morgan fingerprint density at radius 3 is 1.87 bits per heavy atom. The zero-order valence-corrected chi connectivity index (χ0v) is 27.2. The van der Waals surface area contributed by atoms with Crippen LogP contribution < -0.4 is 5.46 Å². The Balaban J connectivity index is 1.32. The van der Waals surface area contributed by atoms with E-state index in [-0.39, 0.29) is 0 Å². The molecule has 7 aromatic rings. The number of fused-ring (bicyclic) bond motifs is 6. The van der Waals surface area contributed by atoms with Crippen molar-refractivity contribution in [1.29, 1.82) is 0 Å². The van der Waals surface area contributed by atoms with E-state index in [9.17, 15) is 5.11 Å². The van der Waals surface area contributed by atoms with Crippen molar-refractivity contribution in [3.05, 3.63) is 168 Å². The van der Waals surface area contributed by atoms with Crippen LogP contribution in [0.5, 0.6) is 0 Å². The van der Waals surface area contributed by atoms with Crippen molar-refractivity contribution in [3.63, 3.8) is 0 Å². The smallest absolute Gasteiger partial charge is 0.330 e. The maximum absolute atomic E-state index is 10.6. The van der Waals surface area contributed by atoms with Gasteiger partial charge in [-0.3, -0.25) is 0 Å². The van der Waals surface area contributed by atoms with Gasteiger partial charge in [-0.15, -0.1) is 0 Å². The highest BCUT2D eigenvalue weighted by Gasteiger charge is 2.46. The molecular formula is C43H37BNO2. The minimum Gasteiger partial charge on any atom is -0.427 e. The normalized spacial score (nSPS) is 13.9. The highest BCUT2D eigenvalue weighted by molar-refractivity contribution is 6.47. The lowest BCUT2D eigenvalue weighted by Gasteiger charge is -2.37. The van der Waals surface area contributed by atoms with Gasteiger partial charge in [0.1, 0.15) is 0 Å². The number of aliphatic hydroxyl groups is 1. The first kappa shape index (κ1) is 29.5. The average molecular weight is 611 g/mol. The summed E-state index contributed by atoms with van der Waals surface area (Å²) in [7, 11) is 1.77. The summed E-state index contributed by atoms with van der Waals surface area (Å²) < 4.78 is 8.51. The fourth-order valence-corrected chi connectivity index (χ4v) is 7.28. The van der Waals surface area contributed by atoms with Gasteiger partial charge >= 0.3 is 7.48 Å². The van der Waals surface area contributed by atoms with Crippen LogP contribution in [0.15, 0.2) is 146 Å². The van der Waals surface area contributed by atoms with E-state index in [0.717, 1.165) is 27.6 Å². The van der Waals surface area contributed by atoms with Crippen molar-refractivity contribution < 1.29 is 9.76 Å². The predicted octanol–water partition coefficient (Wildman–Crippen LogP) is 8.96. The molecule has 1 radical (unpaired) electrons. The van der Waals surface area contributed by atoms with Gasteiger partial charge in [-0.2, -0.15) is 0 Å². The van der Waals surface area contributed by atoms with Gasteiger partial charge in [0.15, 0.2) is 0 Å². The van der Waals surface area contributed by atoms with Crippen LogP contribution >= 0.6 is 0 Å². The second-order valence-corrected chi connectivity index (χ2v) is 13.7. The second-order valence-electron chi connectivity index (χ2n) is 13.7. The monoisotopic (exact) mass is 610 g/mol. The third kappa shape index (κ3) is 4.51. The Kier molecular flexibility index (Phi) is 6.80. The molecule has 229 valence electrons. The van der Waals surface area contributed by atoms with Crippen molar-refractivity contribution in [3.8, 4) is 16.8 Å². The average Bonchev–Trinajstić information content (AvgIpc) is 3.58. The van der Waals surface area contributed by atoms with Crippen LogP contribution in [0.25, 0.3) is 38.6 Å². The van der Waals surface area contributed by atoms with Gasteiger partial charge < -0.3 is 14.3 Å². The molecule has 47 heavy (non-hydrogen) atoms. The van der Waals surface area contributed by atoms with Crippen molar-refractivity contribution in [1.82, 2.24) is 4.57 Å². The number of aromatic nitrogens is 1. The zero-order chi connectivity index (χ0) is 32.4. The molecule has 0 aliphatic heterocycles. The van der Waals surface area contributed by atoms with Crippen LogP contribution in [0, 0.1) is 0 Å². The molecule has 6 aromatic carbocycles. The van der Waals surface area contributed by atoms with Gasteiger partial charge in [0.2, 0.25) is 0 Å². The Morgan fingerprint density at radius 2 is 1.17 bits per heavy atom. The SMILES string of the molecule is CC(C)(O)C(C)(C)O[B]c1ccc2c(c1)c1ccccc1n2-c1ccc2c(c1)-c1ccccc1C2(c1ccccc1)c1ccccc1. The van der Waals surface area contributed by atoms with E-state index in [4.69, 9.17) is 4.65 Å². The lowest BCUT2D eigenvalue weighted by Crippen LogP contribution is -2.49. The number of hydrogen-bond donors (Lipinski definition) is 1. The highest BCUT2D eigenvalue weighted by atomic mass is 16.5. The van der Waals surface area contributed by atoms with Gasteiger partial charge in [0.05, 0.1) is 27.7 Å². The third-order valence-corrected chi connectivity index (χ3v) is 10.4. The number of rotatable bonds is 7. The van der Waals surface area contributed by atoms with Gasteiger partial charge in [-0.25, -0.2) is 0 Å². The van der Waals surface area contributed by atoms with Crippen LogP contribution in [0.2, 0.25) is 0 Å². The molecule has 0 atom stereocenters. The van der Waals surface area contributed by atoms with Crippen molar-refractivity contribution in [2.45, 2.75) is 44.3 Å². The summed E-state index contributed by atoms with van der Waals surface area (Å²) in [4.78, 5) is 0. The number of nitrogens with zero attached hydrogens (tertiary/aromatic N) is 1. The molecular weight excluding hydrogens is 573 g/mol. The lowest BCUT2D eigenvalue weighted by atomic mass is 9.68. The third-order valence-electron chi connectivity index (χ3n) is 10.4. The molecule has 1 aliphatic rings. The minimum absolute atomic E-state index is 0.421. The maximum Gasteiger partial charge on any atom is 0.330 e. The van der Waals surface area contributed by atoms with E-state index in [1.807, 2.05) is 13.8 Å². The first-order valence-corrected chi connectivity index (χ1v) is 16.3. The molecule has 3 nitrogen and oxygen atoms in total. The molecule has 8 rings (SSSR count). The van der Waals surface area contributed by atoms with E-state index < -0.39 is 16.6 Å². The van der Waals surface area contributed by atoms with Crippen LogP contribution in [-0.2, 0) is 10.1 Å². The Morgan fingerprint density at radius 1 is 0.574 bits per heavy atom. The van der Waals surface area contributed by atoms with E-state index in [1.165, 1.54) is 38.8 Å². The minimum atomic E-state index is -0.992. The lowest BCUT2D eigenvalue weighted by molar-refractivity contribution is -0.0893. The second kappa shape index (κ2) is 10.8. The highest BCUT2D eigenvalue weighted by Crippen LogP contribution is 2.56. The summed E-state index contributed by atoms with van der Waals surface area (Å²) in [6.07, 6.45) is 0. The van der Waals surface area contributed by atoms with E-state index in [2.05, 4.69) is 150 Å². The fraction of sp³-hybridized carbons (Fsp3) is 0.163. The molecule has 0 fully saturated rings. The Labute approximate surface area is 277 Å². The molecule has 1 aliphatic carbocycles. The summed E-state index contributed by atoms with van der Waals surface area (Å²) in [5.74, 6) is 0. The Hall–Kier alpha value is -4.90. The van der Waals surface area contributed by atoms with Crippen LogP contribution in [0.4, 0.5) is 0 Å². The molecule has 0 unspecified atom stereocenters. The fourth-order valence-electron chi connectivity index (χ4n) is 7.28. The maximum atomic E-state index is 10.6. The molecule has 0 amide bonds.